The number of hydrogen-bond donors (Lipinski definition) is 2. The van der Waals surface area contributed by atoms with Gasteiger partial charge in [-0.3, -0.25) is 0 Å². The molecule has 0 radical (unpaired) electrons. The van der Waals surface area contributed by atoms with Crippen LogP contribution in [0.1, 0.15) is 11.1 Å². The molecule has 3 rings (SSSR count). The zero-order chi connectivity index (χ0) is 21.9. The summed E-state index contributed by atoms with van der Waals surface area (Å²) in [4.78, 5) is 10.5. The number of hydrogen-bond acceptors (Lipinski definition) is 4. The van der Waals surface area contributed by atoms with E-state index in [0.717, 1.165) is 43.5 Å². The maximum atomic E-state index is 13.6. The van der Waals surface area contributed by atoms with Crippen LogP contribution in [0.15, 0.2) is 58.7 Å². The Morgan fingerprint density at radius 3 is 2.37 bits per heavy atom. The van der Waals surface area contributed by atoms with Crippen LogP contribution < -0.4 is 16.0 Å². The zero-order valence-electron chi connectivity index (χ0n) is 16.9. The highest BCUT2D eigenvalue weighted by Gasteiger charge is 2.12. The van der Waals surface area contributed by atoms with E-state index >= 15 is 0 Å². The number of nitrogens with one attached hydrogen (secondary N) is 1. The molecular formula is C22H26F3N5. The lowest BCUT2D eigenvalue weighted by Gasteiger charge is -2.29. The van der Waals surface area contributed by atoms with Crippen LogP contribution in [0.5, 0.6) is 0 Å². The number of piperazine rings is 1. The molecule has 1 aliphatic heterocycles. The van der Waals surface area contributed by atoms with Gasteiger partial charge in [0.05, 0.1) is 0 Å². The minimum atomic E-state index is -1.47. The van der Waals surface area contributed by atoms with E-state index in [9.17, 15) is 13.2 Å². The SMILES string of the molecule is C=NC(=N/C=C\Cc1ccc(F)c(F)c1F)c1ccc(N2CCNCC2)cc1.CN. The Kier molecular flexibility index (Phi) is 9.24. The molecular weight excluding hydrogens is 391 g/mol. The fourth-order valence-electron chi connectivity index (χ4n) is 2.98. The number of allylic oxidation sites excluding steroid dienone is 1. The first-order chi connectivity index (χ1) is 14.6. The van der Waals surface area contributed by atoms with E-state index in [2.05, 4.69) is 32.7 Å². The Labute approximate surface area is 174 Å². The van der Waals surface area contributed by atoms with Gasteiger partial charge in [0.25, 0.3) is 0 Å². The molecule has 160 valence electrons. The standard InChI is InChI=1S/C21H21F3N4.CH5N/c1-25-21(16-4-7-17(8-5-16)28-13-11-26-12-14-28)27-10-2-3-15-6-9-18(22)20(24)19(15)23;1-2/h2,4-10,26H,1,3,11-14H2;2H2,1H3/b10-2-,27-21?;. The van der Waals surface area contributed by atoms with Crippen LogP contribution in [0.4, 0.5) is 18.9 Å². The molecule has 0 amide bonds. The summed E-state index contributed by atoms with van der Waals surface area (Å²) in [6.45, 7) is 7.39. The van der Waals surface area contributed by atoms with E-state index in [4.69, 9.17) is 0 Å². The summed E-state index contributed by atoms with van der Waals surface area (Å²) in [5.41, 5.74) is 6.49. The van der Waals surface area contributed by atoms with Crippen LogP contribution in [0.3, 0.4) is 0 Å². The number of aliphatic imine (C=N–C) groups is 2. The van der Waals surface area contributed by atoms with E-state index in [1.165, 1.54) is 19.3 Å². The lowest BCUT2D eigenvalue weighted by Crippen LogP contribution is -2.43. The van der Waals surface area contributed by atoms with E-state index in [1.54, 1.807) is 6.08 Å². The second-order valence-corrected chi connectivity index (χ2v) is 6.32. The normalized spacial score (nSPS) is 14.4. The molecule has 1 fully saturated rings. The highest BCUT2D eigenvalue weighted by atomic mass is 19.2. The lowest BCUT2D eigenvalue weighted by atomic mass is 10.1. The zero-order valence-corrected chi connectivity index (χ0v) is 16.9. The summed E-state index contributed by atoms with van der Waals surface area (Å²) in [6.07, 6.45) is 3.09. The molecule has 0 saturated carbocycles. The maximum absolute atomic E-state index is 13.6. The number of anilines is 1. The summed E-state index contributed by atoms with van der Waals surface area (Å²) in [6, 6.07) is 10.00. The molecule has 3 N–H and O–H groups in total. The van der Waals surface area contributed by atoms with Gasteiger partial charge in [0, 0.05) is 43.6 Å². The van der Waals surface area contributed by atoms with Crippen molar-refractivity contribution >= 4 is 18.2 Å². The van der Waals surface area contributed by atoms with Crippen molar-refractivity contribution in [2.24, 2.45) is 15.7 Å². The molecule has 0 spiro atoms. The Hall–Kier alpha value is -2.97. The Morgan fingerprint density at radius 1 is 1.07 bits per heavy atom. The summed E-state index contributed by atoms with van der Waals surface area (Å²) in [5.74, 6) is -3.42. The lowest BCUT2D eigenvalue weighted by molar-refractivity contribution is 0.442. The number of halogens is 3. The summed E-state index contributed by atoms with van der Waals surface area (Å²) in [7, 11) is 1.50. The molecule has 1 saturated heterocycles. The second-order valence-electron chi connectivity index (χ2n) is 6.32. The number of rotatable bonds is 5. The number of nitrogens with zero attached hydrogens (tertiary/aromatic N) is 3. The van der Waals surface area contributed by atoms with Crippen LogP contribution in [0.25, 0.3) is 0 Å². The summed E-state index contributed by atoms with van der Waals surface area (Å²) in [5, 5.41) is 3.32. The van der Waals surface area contributed by atoms with Gasteiger partial charge in [-0.2, -0.15) is 0 Å². The predicted molar refractivity (Wildman–Crippen MR) is 117 cm³/mol. The van der Waals surface area contributed by atoms with Gasteiger partial charge in [-0.1, -0.05) is 12.1 Å². The Balaban J connectivity index is 0.00000155. The van der Waals surface area contributed by atoms with Crippen molar-refractivity contribution < 1.29 is 13.2 Å². The minimum absolute atomic E-state index is 0.0545. The summed E-state index contributed by atoms with van der Waals surface area (Å²) < 4.78 is 39.8. The van der Waals surface area contributed by atoms with E-state index < -0.39 is 17.5 Å². The van der Waals surface area contributed by atoms with E-state index in [0.29, 0.717) is 5.84 Å². The highest BCUT2D eigenvalue weighted by molar-refractivity contribution is 6.01. The molecule has 5 nitrogen and oxygen atoms in total. The van der Waals surface area contributed by atoms with Crippen molar-refractivity contribution in [2.75, 3.05) is 38.1 Å². The fourth-order valence-corrected chi connectivity index (χ4v) is 2.98. The largest absolute Gasteiger partial charge is 0.369 e. The number of nitrogens with two attached hydrogens (primary N) is 1. The van der Waals surface area contributed by atoms with Crippen LogP contribution in [0, 0.1) is 17.5 Å². The first kappa shape index (κ1) is 23.3. The molecule has 1 aliphatic rings. The van der Waals surface area contributed by atoms with Crippen molar-refractivity contribution in [2.45, 2.75) is 6.42 Å². The number of benzene rings is 2. The van der Waals surface area contributed by atoms with Crippen molar-refractivity contribution in [3.63, 3.8) is 0 Å². The smallest absolute Gasteiger partial charge is 0.194 e. The van der Waals surface area contributed by atoms with E-state index in [-0.39, 0.29) is 12.0 Å². The average Bonchev–Trinajstić information content (AvgIpc) is 2.81. The van der Waals surface area contributed by atoms with Gasteiger partial charge in [-0.25, -0.2) is 23.2 Å². The fraction of sp³-hybridized carbons (Fsp3) is 0.273. The molecule has 0 aliphatic carbocycles. The third kappa shape index (κ3) is 6.01. The van der Waals surface area contributed by atoms with Gasteiger partial charge in [0.2, 0.25) is 0 Å². The van der Waals surface area contributed by atoms with Gasteiger partial charge >= 0.3 is 0 Å². The molecule has 1 heterocycles. The van der Waals surface area contributed by atoms with E-state index in [1.807, 2.05) is 24.3 Å². The molecule has 8 heteroatoms. The van der Waals surface area contributed by atoms with Gasteiger partial charge in [0.1, 0.15) is 0 Å². The maximum Gasteiger partial charge on any atom is 0.194 e. The first-order valence-electron chi connectivity index (χ1n) is 9.56. The Morgan fingerprint density at radius 2 is 1.73 bits per heavy atom. The van der Waals surface area contributed by atoms with Gasteiger partial charge in [-0.05, 0) is 56.1 Å². The van der Waals surface area contributed by atoms with Gasteiger partial charge in [-0.15, -0.1) is 0 Å². The van der Waals surface area contributed by atoms with Crippen LogP contribution in [-0.4, -0.2) is 45.8 Å². The van der Waals surface area contributed by atoms with Crippen molar-refractivity contribution in [1.82, 2.24) is 5.32 Å². The predicted octanol–water partition coefficient (Wildman–Crippen LogP) is 3.29. The molecule has 2 aromatic rings. The third-order valence-corrected chi connectivity index (χ3v) is 4.51. The third-order valence-electron chi connectivity index (χ3n) is 4.51. The molecule has 0 bridgehead atoms. The van der Waals surface area contributed by atoms with Crippen LogP contribution in [0.2, 0.25) is 0 Å². The topological polar surface area (TPSA) is 66.0 Å². The quantitative estimate of drug-likeness (QED) is 0.446. The van der Waals surface area contributed by atoms with Gasteiger partial charge in [0.15, 0.2) is 23.3 Å². The number of amidine groups is 1. The molecule has 0 unspecified atom stereocenters. The Bertz CT molecular complexity index is 888. The molecule has 0 atom stereocenters. The minimum Gasteiger partial charge on any atom is -0.369 e. The molecule has 30 heavy (non-hydrogen) atoms. The van der Waals surface area contributed by atoms with Crippen molar-refractivity contribution in [3.8, 4) is 0 Å². The highest BCUT2D eigenvalue weighted by Crippen LogP contribution is 2.17. The van der Waals surface area contributed by atoms with Gasteiger partial charge < -0.3 is 16.0 Å². The first-order valence-corrected chi connectivity index (χ1v) is 9.56. The monoisotopic (exact) mass is 417 g/mol. The average molecular weight is 417 g/mol. The molecule has 2 aromatic carbocycles. The van der Waals surface area contributed by atoms with Crippen LogP contribution >= 0.6 is 0 Å². The second kappa shape index (κ2) is 11.9. The molecule has 0 aromatic heterocycles. The van der Waals surface area contributed by atoms with Crippen molar-refractivity contribution in [1.29, 1.82) is 0 Å². The van der Waals surface area contributed by atoms with Crippen molar-refractivity contribution in [3.05, 3.63) is 77.3 Å². The van der Waals surface area contributed by atoms with Crippen LogP contribution in [-0.2, 0) is 6.42 Å². The summed E-state index contributed by atoms with van der Waals surface area (Å²) >= 11 is 0.